The summed E-state index contributed by atoms with van der Waals surface area (Å²) in [6.45, 7) is 2.09. The van der Waals surface area contributed by atoms with Crippen molar-refractivity contribution < 1.29 is 13.9 Å². The minimum atomic E-state index is -0.621. The van der Waals surface area contributed by atoms with Crippen LogP contribution in [-0.2, 0) is 6.54 Å². The molecule has 6 rings (SSSR count). The molecule has 2 bridgehead atoms. The number of hydrogen-bond acceptors (Lipinski definition) is 5. The van der Waals surface area contributed by atoms with Gasteiger partial charge in [0.15, 0.2) is 11.5 Å². The smallest absolute Gasteiger partial charge is 0.276 e. The number of pyridine rings is 2. The fourth-order valence-electron chi connectivity index (χ4n) is 5.71. The van der Waals surface area contributed by atoms with E-state index in [1.807, 2.05) is 53.6 Å². The molecule has 4 aromatic rings. The van der Waals surface area contributed by atoms with Gasteiger partial charge in [-0.25, -0.2) is 14.4 Å². The van der Waals surface area contributed by atoms with Gasteiger partial charge in [0.1, 0.15) is 5.65 Å². The molecule has 2 aliphatic rings. The van der Waals surface area contributed by atoms with Crippen LogP contribution in [0.4, 0.5) is 4.39 Å². The van der Waals surface area contributed by atoms with Gasteiger partial charge >= 0.3 is 0 Å². The number of likely N-dealkylation sites (tertiary alicyclic amines) is 1. The number of benzene rings is 1. The van der Waals surface area contributed by atoms with Crippen molar-refractivity contribution in [2.45, 2.75) is 37.9 Å². The van der Waals surface area contributed by atoms with Crippen LogP contribution < -0.4 is 4.74 Å². The molecule has 37 heavy (non-hydrogen) atoms. The van der Waals surface area contributed by atoms with Gasteiger partial charge < -0.3 is 14.0 Å². The lowest BCUT2D eigenvalue weighted by Gasteiger charge is -2.50. The van der Waals surface area contributed by atoms with Crippen molar-refractivity contribution in [3.63, 3.8) is 0 Å². The maximum Gasteiger partial charge on any atom is 0.276 e. The Morgan fingerprint density at radius 3 is 2.54 bits per heavy atom. The summed E-state index contributed by atoms with van der Waals surface area (Å²) in [5, 5.41) is 0.685. The molecule has 0 radical (unpaired) electrons. The first kappa shape index (κ1) is 23.9. The van der Waals surface area contributed by atoms with Crippen molar-refractivity contribution >= 4 is 23.2 Å². The van der Waals surface area contributed by atoms with Crippen LogP contribution in [0.5, 0.6) is 5.88 Å². The van der Waals surface area contributed by atoms with Crippen molar-refractivity contribution in [1.82, 2.24) is 24.2 Å². The largest absolute Gasteiger partial charge is 0.481 e. The van der Waals surface area contributed by atoms with E-state index in [-0.39, 0.29) is 29.6 Å². The standard InChI is InChI=1S/C28H27ClFN5O2/c1-37-25-13-12-22(30)27(32-25)28(36)35-20-5-4-6-21(35)16-33(15-20)17-23-26(18-8-10-19(29)11-9-18)31-24-7-2-3-14-34(23)24/h2-3,7-14,20-21H,4-6,15-17H2,1H3/t20-,21?/m0/s1. The number of halogens is 2. The lowest BCUT2D eigenvalue weighted by Crippen LogP contribution is -2.62. The summed E-state index contributed by atoms with van der Waals surface area (Å²) in [7, 11) is 1.46. The number of methoxy groups -OCH3 is 1. The summed E-state index contributed by atoms with van der Waals surface area (Å²) < 4.78 is 21.9. The van der Waals surface area contributed by atoms with Gasteiger partial charge in [-0.15, -0.1) is 0 Å². The van der Waals surface area contributed by atoms with Crippen LogP contribution in [0.2, 0.25) is 5.02 Å². The van der Waals surface area contributed by atoms with Gasteiger partial charge in [0.05, 0.1) is 18.5 Å². The second kappa shape index (κ2) is 9.76. The number of rotatable bonds is 5. The number of imidazole rings is 1. The quantitative estimate of drug-likeness (QED) is 0.368. The molecule has 3 aromatic heterocycles. The highest BCUT2D eigenvalue weighted by Gasteiger charge is 2.41. The van der Waals surface area contributed by atoms with Crippen LogP contribution in [0.1, 0.15) is 35.4 Å². The Morgan fingerprint density at radius 1 is 1.05 bits per heavy atom. The summed E-state index contributed by atoms with van der Waals surface area (Å²) in [4.78, 5) is 26.8. The third-order valence-electron chi connectivity index (χ3n) is 7.39. The molecular weight excluding hydrogens is 493 g/mol. The molecule has 9 heteroatoms. The number of nitrogens with zero attached hydrogens (tertiary/aromatic N) is 5. The first-order valence-corrected chi connectivity index (χ1v) is 12.9. The van der Waals surface area contributed by atoms with Gasteiger partial charge in [-0.05, 0) is 49.6 Å². The van der Waals surface area contributed by atoms with E-state index in [4.69, 9.17) is 21.3 Å². The van der Waals surface area contributed by atoms with Crippen LogP contribution in [0.25, 0.3) is 16.9 Å². The number of piperazine rings is 1. The Hall–Kier alpha value is -3.49. The number of ether oxygens (including phenoxy) is 1. The van der Waals surface area contributed by atoms with Gasteiger partial charge in [0.2, 0.25) is 5.88 Å². The Labute approximate surface area is 219 Å². The molecule has 0 saturated carbocycles. The number of carbonyl (C=O) groups excluding carboxylic acids is 1. The zero-order chi connectivity index (χ0) is 25.5. The summed E-state index contributed by atoms with van der Waals surface area (Å²) in [6.07, 6.45) is 4.84. The summed E-state index contributed by atoms with van der Waals surface area (Å²) in [6, 6.07) is 16.4. The van der Waals surface area contributed by atoms with Crippen LogP contribution in [0.3, 0.4) is 0 Å². The Balaban J connectivity index is 1.29. The van der Waals surface area contributed by atoms with Crippen LogP contribution in [0, 0.1) is 5.82 Å². The highest BCUT2D eigenvalue weighted by Crippen LogP contribution is 2.33. The third kappa shape index (κ3) is 4.45. The molecule has 2 saturated heterocycles. The van der Waals surface area contributed by atoms with Crippen LogP contribution in [-0.4, -0.2) is 62.4 Å². The predicted octanol–water partition coefficient (Wildman–Crippen LogP) is 5.08. The second-order valence-electron chi connectivity index (χ2n) is 9.67. The van der Waals surface area contributed by atoms with E-state index in [1.165, 1.54) is 19.2 Å². The van der Waals surface area contributed by atoms with Crippen molar-refractivity contribution in [2.24, 2.45) is 0 Å². The Bertz CT molecular complexity index is 1440. The summed E-state index contributed by atoms with van der Waals surface area (Å²) in [5.41, 5.74) is 3.75. The molecule has 5 heterocycles. The maximum atomic E-state index is 14.6. The molecule has 190 valence electrons. The lowest BCUT2D eigenvalue weighted by atomic mass is 9.90. The van der Waals surface area contributed by atoms with E-state index in [2.05, 4.69) is 14.3 Å². The van der Waals surface area contributed by atoms with Crippen LogP contribution >= 0.6 is 11.6 Å². The molecule has 1 aromatic carbocycles. The van der Waals surface area contributed by atoms with Crippen molar-refractivity contribution in [3.05, 3.63) is 83.0 Å². The number of carbonyl (C=O) groups is 1. The molecule has 0 N–H and O–H groups in total. The highest BCUT2D eigenvalue weighted by atomic mass is 35.5. The lowest BCUT2D eigenvalue weighted by molar-refractivity contribution is -0.00457. The minimum absolute atomic E-state index is 0.00873. The first-order chi connectivity index (χ1) is 18.0. The van der Waals surface area contributed by atoms with Crippen molar-refractivity contribution in [1.29, 1.82) is 0 Å². The van der Waals surface area contributed by atoms with Gasteiger partial charge in [-0.2, -0.15) is 0 Å². The molecule has 0 spiro atoms. The minimum Gasteiger partial charge on any atom is -0.481 e. The molecule has 2 fully saturated rings. The van der Waals surface area contributed by atoms with Crippen molar-refractivity contribution in [2.75, 3.05) is 20.2 Å². The Morgan fingerprint density at radius 2 is 1.81 bits per heavy atom. The molecule has 2 atom stereocenters. The first-order valence-electron chi connectivity index (χ1n) is 12.5. The average Bonchev–Trinajstić information content (AvgIpc) is 3.27. The number of aromatic nitrogens is 3. The third-order valence-corrected chi connectivity index (χ3v) is 7.64. The van der Waals surface area contributed by atoms with E-state index < -0.39 is 5.82 Å². The van der Waals surface area contributed by atoms with Crippen LogP contribution in [0.15, 0.2) is 60.8 Å². The summed E-state index contributed by atoms with van der Waals surface area (Å²) >= 11 is 6.14. The normalized spacial score (nSPS) is 19.8. The van der Waals surface area contributed by atoms with E-state index in [1.54, 1.807) is 0 Å². The van der Waals surface area contributed by atoms with Crippen molar-refractivity contribution in [3.8, 4) is 17.1 Å². The SMILES string of the molecule is COc1ccc(F)c(C(=O)N2C3CCC[C@H]2CN(Cc2c(-c4ccc(Cl)cc4)nc4ccccn24)C3)n1. The Kier molecular flexibility index (Phi) is 6.30. The number of hydrogen-bond donors (Lipinski definition) is 0. The predicted molar refractivity (Wildman–Crippen MR) is 139 cm³/mol. The van der Waals surface area contributed by atoms with Gasteiger partial charge in [-0.3, -0.25) is 9.69 Å². The highest BCUT2D eigenvalue weighted by molar-refractivity contribution is 6.30. The molecule has 1 amide bonds. The van der Waals surface area contributed by atoms with E-state index in [0.29, 0.717) is 24.7 Å². The van der Waals surface area contributed by atoms with Gasteiger partial charge in [0, 0.05) is 54.6 Å². The molecule has 2 aliphatic heterocycles. The summed E-state index contributed by atoms with van der Waals surface area (Å²) in [5.74, 6) is -0.747. The van der Waals surface area contributed by atoms with Gasteiger partial charge in [0.25, 0.3) is 5.91 Å². The fraction of sp³-hybridized carbons (Fsp3) is 0.321. The van der Waals surface area contributed by atoms with E-state index in [0.717, 1.165) is 41.9 Å². The number of amides is 1. The van der Waals surface area contributed by atoms with E-state index >= 15 is 0 Å². The van der Waals surface area contributed by atoms with E-state index in [9.17, 15) is 9.18 Å². The number of fused-ring (bicyclic) bond motifs is 3. The van der Waals surface area contributed by atoms with Gasteiger partial charge in [-0.1, -0.05) is 29.8 Å². The molecule has 7 nitrogen and oxygen atoms in total. The topological polar surface area (TPSA) is 63.0 Å². The zero-order valence-corrected chi connectivity index (χ0v) is 21.2. The molecule has 0 aliphatic carbocycles. The zero-order valence-electron chi connectivity index (χ0n) is 20.5. The second-order valence-corrected chi connectivity index (χ2v) is 10.1. The average molecular weight is 520 g/mol. The fourth-order valence-corrected chi connectivity index (χ4v) is 5.84. The molecule has 1 unspecified atom stereocenters. The molecular formula is C28H27ClFN5O2. The monoisotopic (exact) mass is 519 g/mol. The maximum absolute atomic E-state index is 14.6. The number of piperidine rings is 1.